The van der Waals surface area contributed by atoms with Gasteiger partial charge in [-0.2, -0.15) is 5.48 Å². The van der Waals surface area contributed by atoms with Crippen molar-refractivity contribution in [2.24, 2.45) is 17.8 Å². The van der Waals surface area contributed by atoms with Gasteiger partial charge in [0.1, 0.15) is 6.04 Å². The average Bonchev–Trinajstić information content (AvgIpc) is 2.88. The predicted octanol–water partition coefficient (Wildman–Crippen LogP) is 2.34. The second kappa shape index (κ2) is 6.02. The number of nitrogens with zero attached hydrogens (tertiary/aromatic N) is 1. The third-order valence-electron chi connectivity index (χ3n) is 5.41. The molecule has 4 nitrogen and oxygen atoms in total. The number of carbonyl (C=O) groups is 1. The van der Waals surface area contributed by atoms with Crippen LogP contribution >= 0.6 is 0 Å². The molecule has 0 bridgehead atoms. The molecule has 1 N–H and O–H groups in total. The van der Waals surface area contributed by atoms with Crippen LogP contribution in [-0.4, -0.2) is 36.0 Å². The molecule has 2 heterocycles. The standard InChI is InChI=1S/C16H28N2O2/c1-11(2)15-8-14(17-20-15)16(19)18-9-13(10-18)12-6-4-3-5-7-12/h11-15,17H,3-10H2,1-2H3. The lowest BCUT2D eigenvalue weighted by Gasteiger charge is -2.45. The van der Waals surface area contributed by atoms with Crippen LogP contribution in [0.3, 0.4) is 0 Å². The van der Waals surface area contributed by atoms with E-state index in [4.69, 9.17) is 4.84 Å². The molecule has 1 aliphatic carbocycles. The van der Waals surface area contributed by atoms with E-state index in [1.807, 2.05) is 4.90 Å². The third-order valence-corrected chi connectivity index (χ3v) is 5.41. The highest BCUT2D eigenvalue weighted by Crippen LogP contribution is 2.35. The fraction of sp³-hybridized carbons (Fsp3) is 0.938. The fourth-order valence-corrected chi connectivity index (χ4v) is 3.87. The van der Waals surface area contributed by atoms with Crippen molar-refractivity contribution in [1.82, 2.24) is 10.4 Å². The summed E-state index contributed by atoms with van der Waals surface area (Å²) < 4.78 is 0. The number of nitrogens with one attached hydrogen (secondary N) is 1. The smallest absolute Gasteiger partial charge is 0.242 e. The lowest BCUT2D eigenvalue weighted by molar-refractivity contribution is -0.142. The van der Waals surface area contributed by atoms with Gasteiger partial charge in [-0.3, -0.25) is 9.63 Å². The Labute approximate surface area is 122 Å². The van der Waals surface area contributed by atoms with Crippen LogP contribution in [0, 0.1) is 17.8 Å². The molecular weight excluding hydrogens is 252 g/mol. The van der Waals surface area contributed by atoms with Crippen LogP contribution in [0.2, 0.25) is 0 Å². The van der Waals surface area contributed by atoms with Crippen molar-refractivity contribution < 1.29 is 9.63 Å². The molecule has 2 unspecified atom stereocenters. The van der Waals surface area contributed by atoms with E-state index < -0.39 is 0 Å². The van der Waals surface area contributed by atoms with Gasteiger partial charge in [0.2, 0.25) is 5.91 Å². The second-order valence-electron chi connectivity index (χ2n) is 7.21. The molecule has 0 aromatic heterocycles. The van der Waals surface area contributed by atoms with Crippen molar-refractivity contribution in [1.29, 1.82) is 0 Å². The van der Waals surface area contributed by atoms with Crippen LogP contribution < -0.4 is 5.48 Å². The van der Waals surface area contributed by atoms with Gasteiger partial charge < -0.3 is 4.90 Å². The Balaban J connectivity index is 1.44. The van der Waals surface area contributed by atoms with Gasteiger partial charge in [-0.15, -0.1) is 0 Å². The minimum absolute atomic E-state index is 0.116. The summed E-state index contributed by atoms with van der Waals surface area (Å²) in [6.07, 6.45) is 7.96. The highest BCUT2D eigenvalue weighted by atomic mass is 16.7. The molecular formula is C16H28N2O2. The number of rotatable bonds is 3. The predicted molar refractivity (Wildman–Crippen MR) is 77.9 cm³/mol. The molecule has 0 aromatic rings. The van der Waals surface area contributed by atoms with Crippen LogP contribution in [0.5, 0.6) is 0 Å². The molecule has 2 saturated heterocycles. The fourth-order valence-electron chi connectivity index (χ4n) is 3.87. The Morgan fingerprint density at radius 2 is 1.85 bits per heavy atom. The van der Waals surface area contributed by atoms with Gasteiger partial charge in [-0.1, -0.05) is 46.0 Å². The summed E-state index contributed by atoms with van der Waals surface area (Å²) in [7, 11) is 0. The minimum Gasteiger partial charge on any atom is -0.341 e. The number of carbonyl (C=O) groups excluding carboxylic acids is 1. The normalized spacial score (nSPS) is 32.6. The summed E-state index contributed by atoms with van der Waals surface area (Å²) in [6.45, 7) is 6.24. The van der Waals surface area contributed by atoms with Crippen molar-refractivity contribution in [3.63, 3.8) is 0 Å². The van der Waals surface area contributed by atoms with Crippen LogP contribution in [0.4, 0.5) is 0 Å². The van der Waals surface area contributed by atoms with E-state index in [2.05, 4.69) is 19.3 Å². The molecule has 2 atom stereocenters. The van der Waals surface area contributed by atoms with E-state index in [0.717, 1.165) is 31.3 Å². The summed E-state index contributed by atoms with van der Waals surface area (Å²) in [6, 6.07) is -0.116. The highest BCUT2D eigenvalue weighted by Gasteiger charge is 2.41. The monoisotopic (exact) mass is 280 g/mol. The molecule has 1 amide bonds. The molecule has 0 spiro atoms. The van der Waals surface area contributed by atoms with E-state index in [-0.39, 0.29) is 18.1 Å². The molecule has 114 valence electrons. The van der Waals surface area contributed by atoms with Crippen molar-refractivity contribution in [3.05, 3.63) is 0 Å². The number of hydroxylamine groups is 1. The summed E-state index contributed by atoms with van der Waals surface area (Å²) >= 11 is 0. The lowest BCUT2D eigenvalue weighted by atomic mass is 9.76. The number of amides is 1. The van der Waals surface area contributed by atoms with Crippen molar-refractivity contribution in [2.45, 2.75) is 64.5 Å². The first kappa shape index (κ1) is 14.3. The first-order valence-corrected chi connectivity index (χ1v) is 8.35. The molecule has 0 aromatic carbocycles. The number of hydrogen-bond donors (Lipinski definition) is 1. The maximum Gasteiger partial charge on any atom is 0.242 e. The molecule has 2 aliphatic heterocycles. The zero-order valence-corrected chi connectivity index (χ0v) is 12.8. The van der Waals surface area contributed by atoms with E-state index >= 15 is 0 Å². The van der Waals surface area contributed by atoms with Gasteiger partial charge in [0.25, 0.3) is 0 Å². The maximum absolute atomic E-state index is 12.4. The Kier molecular flexibility index (Phi) is 4.32. The summed E-state index contributed by atoms with van der Waals surface area (Å²) in [5, 5.41) is 0. The molecule has 3 fully saturated rings. The summed E-state index contributed by atoms with van der Waals surface area (Å²) in [5.74, 6) is 2.36. The van der Waals surface area contributed by atoms with Gasteiger partial charge in [-0.05, 0) is 17.8 Å². The SMILES string of the molecule is CC(C)C1CC(C(=O)N2CC(C3CCCCC3)C2)NO1. The summed E-state index contributed by atoms with van der Waals surface area (Å²) in [4.78, 5) is 20.0. The van der Waals surface area contributed by atoms with Crippen LogP contribution in [0.15, 0.2) is 0 Å². The Morgan fingerprint density at radius 3 is 2.45 bits per heavy atom. The first-order chi connectivity index (χ1) is 9.65. The second-order valence-corrected chi connectivity index (χ2v) is 7.21. The van der Waals surface area contributed by atoms with Gasteiger partial charge >= 0.3 is 0 Å². The van der Waals surface area contributed by atoms with E-state index in [9.17, 15) is 4.79 Å². The van der Waals surface area contributed by atoms with Crippen molar-refractivity contribution in [2.75, 3.05) is 13.1 Å². The summed E-state index contributed by atoms with van der Waals surface area (Å²) in [5.41, 5.74) is 2.94. The quantitative estimate of drug-likeness (QED) is 0.863. The van der Waals surface area contributed by atoms with Crippen LogP contribution in [0.1, 0.15) is 52.4 Å². The van der Waals surface area contributed by atoms with Gasteiger partial charge in [0.15, 0.2) is 0 Å². The van der Waals surface area contributed by atoms with Crippen molar-refractivity contribution >= 4 is 5.91 Å². The highest BCUT2D eigenvalue weighted by molar-refractivity contribution is 5.82. The van der Waals surface area contributed by atoms with Gasteiger partial charge in [0, 0.05) is 19.5 Å². The molecule has 0 radical (unpaired) electrons. The van der Waals surface area contributed by atoms with Crippen LogP contribution in [-0.2, 0) is 9.63 Å². The van der Waals surface area contributed by atoms with E-state index in [1.165, 1.54) is 32.1 Å². The maximum atomic E-state index is 12.4. The number of hydrogen-bond acceptors (Lipinski definition) is 3. The van der Waals surface area contributed by atoms with Gasteiger partial charge in [-0.25, -0.2) is 0 Å². The first-order valence-electron chi connectivity index (χ1n) is 8.35. The minimum atomic E-state index is -0.116. The number of likely N-dealkylation sites (tertiary alicyclic amines) is 1. The Bertz CT molecular complexity index is 346. The molecule has 1 saturated carbocycles. The van der Waals surface area contributed by atoms with Crippen molar-refractivity contribution in [3.8, 4) is 0 Å². The zero-order chi connectivity index (χ0) is 14.1. The molecule has 3 aliphatic rings. The Hall–Kier alpha value is -0.610. The topological polar surface area (TPSA) is 41.6 Å². The third kappa shape index (κ3) is 2.86. The average molecular weight is 280 g/mol. The molecule has 3 rings (SSSR count). The lowest BCUT2D eigenvalue weighted by Crippen LogP contribution is -2.57. The molecule has 4 heteroatoms. The Morgan fingerprint density at radius 1 is 1.15 bits per heavy atom. The largest absolute Gasteiger partial charge is 0.341 e. The zero-order valence-electron chi connectivity index (χ0n) is 12.8. The van der Waals surface area contributed by atoms with E-state index in [1.54, 1.807) is 0 Å². The van der Waals surface area contributed by atoms with E-state index in [0.29, 0.717) is 5.92 Å². The van der Waals surface area contributed by atoms with Crippen LogP contribution in [0.25, 0.3) is 0 Å². The van der Waals surface area contributed by atoms with Gasteiger partial charge in [0.05, 0.1) is 6.10 Å². The molecule has 20 heavy (non-hydrogen) atoms.